The molecule has 1 aromatic heterocycles. The highest BCUT2D eigenvalue weighted by molar-refractivity contribution is 7.89. The molecule has 6 nitrogen and oxygen atoms in total. The van der Waals surface area contributed by atoms with Crippen molar-refractivity contribution in [2.24, 2.45) is 5.92 Å². The number of aliphatic hydroxyl groups is 1. The number of aromatic nitrogens is 1. The van der Waals surface area contributed by atoms with E-state index in [9.17, 15) is 17.9 Å². The quantitative estimate of drug-likeness (QED) is 0.817. The third-order valence-corrected chi connectivity index (χ3v) is 5.78. The molecule has 0 bridgehead atoms. The molecule has 3 rings (SSSR count). The fourth-order valence-corrected chi connectivity index (χ4v) is 4.20. The number of pyridine rings is 1. The van der Waals surface area contributed by atoms with Crippen molar-refractivity contribution < 1.29 is 22.7 Å². The molecule has 1 aromatic carbocycles. The van der Waals surface area contributed by atoms with Crippen molar-refractivity contribution in [2.45, 2.75) is 29.9 Å². The number of hydrogen-bond acceptors (Lipinski definition) is 5. The summed E-state index contributed by atoms with van der Waals surface area (Å²) in [6.07, 6.45) is 2.12. The van der Waals surface area contributed by atoms with Crippen LogP contribution in [0.4, 0.5) is 4.39 Å². The number of hydrogen-bond donors (Lipinski definition) is 2. The Balaban J connectivity index is 1.89. The van der Waals surface area contributed by atoms with E-state index in [1.165, 1.54) is 19.2 Å². The predicted molar refractivity (Wildman–Crippen MR) is 89.0 cm³/mol. The maximum absolute atomic E-state index is 13.9. The van der Waals surface area contributed by atoms with Gasteiger partial charge in [0.15, 0.2) is 11.6 Å². The zero-order valence-corrected chi connectivity index (χ0v) is 14.4. The first-order chi connectivity index (χ1) is 11.9. The lowest BCUT2D eigenvalue weighted by Gasteiger charge is -2.37. The molecule has 0 saturated heterocycles. The van der Waals surface area contributed by atoms with Gasteiger partial charge in [-0.3, -0.25) is 4.98 Å². The van der Waals surface area contributed by atoms with Gasteiger partial charge < -0.3 is 9.84 Å². The molecule has 0 spiro atoms. The fourth-order valence-electron chi connectivity index (χ4n) is 2.91. The Bertz CT molecular complexity index is 839. The van der Waals surface area contributed by atoms with Crippen molar-refractivity contribution >= 4 is 10.0 Å². The van der Waals surface area contributed by atoms with Crippen molar-refractivity contribution in [3.05, 3.63) is 54.1 Å². The standard InChI is InChI=1S/C17H19FN2O4S/c1-24-16-6-5-13(10-14(16)18)25(22,23)20-17(11-8-12(21)9-11)15-4-2-3-7-19-15/h2-7,10-12,17,20-21H,8-9H2,1H3. The Morgan fingerprint density at radius 1 is 1.32 bits per heavy atom. The second-order valence-electron chi connectivity index (χ2n) is 6.04. The van der Waals surface area contributed by atoms with E-state index < -0.39 is 28.0 Å². The third-order valence-electron chi connectivity index (χ3n) is 4.34. The summed E-state index contributed by atoms with van der Waals surface area (Å²) in [5.74, 6) is -0.844. The largest absolute Gasteiger partial charge is 0.494 e. The number of sulfonamides is 1. The normalized spacial score (nSPS) is 21.4. The molecule has 1 heterocycles. The zero-order valence-electron chi connectivity index (χ0n) is 13.6. The minimum Gasteiger partial charge on any atom is -0.494 e. The van der Waals surface area contributed by atoms with Crippen molar-refractivity contribution in [1.29, 1.82) is 0 Å². The van der Waals surface area contributed by atoms with Gasteiger partial charge in [0.05, 0.1) is 29.8 Å². The lowest BCUT2D eigenvalue weighted by atomic mass is 9.76. The molecule has 0 aliphatic heterocycles. The van der Waals surface area contributed by atoms with Gasteiger partial charge in [0.2, 0.25) is 10.0 Å². The van der Waals surface area contributed by atoms with Crippen LogP contribution in [0.25, 0.3) is 0 Å². The summed E-state index contributed by atoms with van der Waals surface area (Å²) >= 11 is 0. The number of nitrogens with zero attached hydrogens (tertiary/aromatic N) is 1. The summed E-state index contributed by atoms with van der Waals surface area (Å²) in [5.41, 5.74) is 0.567. The average molecular weight is 366 g/mol. The molecule has 2 N–H and O–H groups in total. The van der Waals surface area contributed by atoms with Crippen LogP contribution in [-0.4, -0.2) is 31.7 Å². The molecule has 1 unspecified atom stereocenters. The van der Waals surface area contributed by atoms with Crippen LogP contribution < -0.4 is 9.46 Å². The predicted octanol–water partition coefficient (Wildman–Crippen LogP) is 2.02. The van der Waals surface area contributed by atoms with E-state index in [4.69, 9.17) is 4.74 Å². The lowest BCUT2D eigenvalue weighted by Crippen LogP contribution is -2.41. The van der Waals surface area contributed by atoms with Crippen LogP contribution in [0.5, 0.6) is 5.75 Å². The van der Waals surface area contributed by atoms with Gasteiger partial charge in [0, 0.05) is 6.20 Å². The van der Waals surface area contributed by atoms with E-state index in [2.05, 4.69) is 9.71 Å². The second-order valence-corrected chi connectivity index (χ2v) is 7.75. The summed E-state index contributed by atoms with van der Waals surface area (Å²) in [4.78, 5) is 4.04. The molecule has 8 heteroatoms. The van der Waals surface area contributed by atoms with Gasteiger partial charge in [0.1, 0.15) is 0 Å². The van der Waals surface area contributed by atoms with Crippen LogP contribution in [0.1, 0.15) is 24.6 Å². The third kappa shape index (κ3) is 3.81. The fraction of sp³-hybridized carbons (Fsp3) is 0.353. The molecule has 2 aromatic rings. The molecule has 1 aliphatic rings. The summed E-state index contributed by atoms with van der Waals surface area (Å²) in [5, 5.41) is 9.56. The molecule has 0 amide bonds. The van der Waals surface area contributed by atoms with Crippen LogP contribution in [0.15, 0.2) is 47.5 Å². The molecule has 0 radical (unpaired) electrons. The minimum absolute atomic E-state index is 0.0256. The van der Waals surface area contributed by atoms with Crippen molar-refractivity contribution in [3.8, 4) is 5.75 Å². The molecular formula is C17H19FN2O4S. The second kappa shape index (κ2) is 7.07. The van der Waals surface area contributed by atoms with E-state index in [0.29, 0.717) is 18.5 Å². The lowest BCUT2D eigenvalue weighted by molar-refractivity contribution is 0.0273. The van der Waals surface area contributed by atoms with Crippen LogP contribution in [-0.2, 0) is 10.0 Å². The first-order valence-corrected chi connectivity index (χ1v) is 9.34. The number of methoxy groups -OCH3 is 1. The molecule has 25 heavy (non-hydrogen) atoms. The average Bonchev–Trinajstić information content (AvgIpc) is 2.58. The maximum Gasteiger partial charge on any atom is 0.241 e. The van der Waals surface area contributed by atoms with Gasteiger partial charge in [-0.15, -0.1) is 0 Å². The van der Waals surface area contributed by atoms with Crippen LogP contribution in [0, 0.1) is 11.7 Å². The smallest absolute Gasteiger partial charge is 0.241 e. The van der Waals surface area contributed by atoms with E-state index in [-0.39, 0.29) is 16.6 Å². The number of benzene rings is 1. The topological polar surface area (TPSA) is 88.5 Å². The van der Waals surface area contributed by atoms with E-state index in [1.54, 1.807) is 24.4 Å². The van der Waals surface area contributed by atoms with E-state index in [0.717, 1.165) is 6.07 Å². The van der Waals surface area contributed by atoms with Gasteiger partial charge in [-0.25, -0.2) is 17.5 Å². The first kappa shape index (κ1) is 17.8. The summed E-state index contributed by atoms with van der Waals surface area (Å²) in [6, 6.07) is 8.13. The molecule has 1 atom stereocenters. The molecule has 1 aliphatic carbocycles. The molecule has 1 saturated carbocycles. The number of nitrogens with one attached hydrogen (secondary N) is 1. The van der Waals surface area contributed by atoms with Gasteiger partial charge in [0.25, 0.3) is 0 Å². The Kier molecular flexibility index (Phi) is 5.03. The van der Waals surface area contributed by atoms with Crippen LogP contribution >= 0.6 is 0 Å². The summed E-state index contributed by atoms with van der Waals surface area (Å²) in [6.45, 7) is 0. The summed E-state index contributed by atoms with van der Waals surface area (Å²) < 4.78 is 46.7. The molecule has 1 fully saturated rings. The van der Waals surface area contributed by atoms with E-state index in [1.807, 2.05) is 0 Å². The molecule has 134 valence electrons. The SMILES string of the molecule is COc1ccc(S(=O)(=O)NC(c2ccccn2)C2CC(O)C2)cc1F. The Morgan fingerprint density at radius 3 is 2.64 bits per heavy atom. The Labute approximate surface area is 145 Å². The van der Waals surface area contributed by atoms with Crippen LogP contribution in [0.2, 0.25) is 0 Å². The first-order valence-electron chi connectivity index (χ1n) is 7.85. The van der Waals surface area contributed by atoms with Gasteiger partial charge in [-0.1, -0.05) is 6.07 Å². The van der Waals surface area contributed by atoms with Crippen molar-refractivity contribution in [2.75, 3.05) is 7.11 Å². The van der Waals surface area contributed by atoms with Gasteiger partial charge >= 0.3 is 0 Å². The highest BCUT2D eigenvalue weighted by Gasteiger charge is 2.38. The van der Waals surface area contributed by atoms with Gasteiger partial charge in [-0.05, 0) is 49.1 Å². The number of aliphatic hydroxyl groups excluding tert-OH is 1. The molecular weight excluding hydrogens is 347 g/mol. The minimum atomic E-state index is -3.96. The summed E-state index contributed by atoms with van der Waals surface area (Å²) in [7, 11) is -2.65. The Hall–Kier alpha value is -2.03. The highest BCUT2D eigenvalue weighted by Crippen LogP contribution is 2.38. The van der Waals surface area contributed by atoms with E-state index >= 15 is 0 Å². The van der Waals surface area contributed by atoms with Crippen molar-refractivity contribution in [3.63, 3.8) is 0 Å². The maximum atomic E-state index is 13.9. The number of rotatable bonds is 6. The van der Waals surface area contributed by atoms with Crippen LogP contribution in [0.3, 0.4) is 0 Å². The van der Waals surface area contributed by atoms with Gasteiger partial charge in [-0.2, -0.15) is 0 Å². The van der Waals surface area contributed by atoms with Crippen molar-refractivity contribution in [1.82, 2.24) is 9.71 Å². The number of ether oxygens (including phenoxy) is 1. The zero-order chi connectivity index (χ0) is 18.0. The Morgan fingerprint density at radius 2 is 2.08 bits per heavy atom. The highest BCUT2D eigenvalue weighted by atomic mass is 32.2. The number of halogens is 1. The monoisotopic (exact) mass is 366 g/mol.